The van der Waals surface area contributed by atoms with Crippen molar-refractivity contribution in [2.75, 3.05) is 13.1 Å². The number of ether oxygens (including phenoxy) is 1. The predicted molar refractivity (Wildman–Crippen MR) is 70.7 cm³/mol. The summed E-state index contributed by atoms with van der Waals surface area (Å²) < 4.78 is 7.35. The monoisotopic (exact) mass is 263 g/mol. The van der Waals surface area contributed by atoms with E-state index in [2.05, 4.69) is 11.2 Å². The smallest absolute Gasteiger partial charge is 0.410 e. The molecule has 0 bridgehead atoms. The van der Waals surface area contributed by atoms with Crippen molar-refractivity contribution in [3.05, 3.63) is 18.0 Å². The van der Waals surface area contributed by atoms with E-state index in [0.29, 0.717) is 17.8 Å². The van der Waals surface area contributed by atoms with Crippen LogP contribution in [0.3, 0.4) is 0 Å². The quantitative estimate of drug-likeness (QED) is 0.778. The molecule has 3 atom stereocenters. The Morgan fingerprint density at radius 1 is 1.37 bits per heavy atom. The first-order chi connectivity index (χ1) is 8.87. The van der Waals surface area contributed by atoms with E-state index in [9.17, 15) is 4.79 Å². The average molecular weight is 263 g/mol. The van der Waals surface area contributed by atoms with E-state index >= 15 is 0 Å². The van der Waals surface area contributed by atoms with Gasteiger partial charge in [0.1, 0.15) is 5.60 Å². The fourth-order valence-electron chi connectivity index (χ4n) is 3.15. The maximum absolute atomic E-state index is 12.0. The third kappa shape index (κ3) is 2.22. The van der Waals surface area contributed by atoms with Crippen LogP contribution < -0.4 is 0 Å². The molecule has 19 heavy (non-hydrogen) atoms. The number of rotatable bonds is 1. The van der Waals surface area contributed by atoms with Gasteiger partial charge in [0.2, 0.25) is 0 Å². The second-order valence-electron chi connectivity index (χ2n) is 6.62. The molecule has 0 aromatic carbocycles. The van der Waals surface area contributed by atoms with Crippen LogP contribution in [0.2, 0.25) is 0 Å². The van der Waals surface area contributed by atoms with E-state index < -0.39 is 5.60 Å². The number of carbonyl (C=O) groups excluding carboxylic acids is 1. The van der Waals surface area contributed by atoms with Gasteiger partial charge in [-0.25, -0.2) is 4.79 Å². The molecule has 5 nitrogen and oxygen atoms in total. The molecule has 1 saturated heterocycles. The highest BCUT2D eigenvalue weighted by atomic mass is 16.6. The van der Waals surface area contributed by atoms with E-state index in [-0.39, 0.29) is 6.09 Å². The minimum absolute atomic E-state index is 0.177. The average Bonchev–Trinajstić information content (AvgIpc) is 2.68. The van der Waals surface area contributed by atoms with Crippen molar-refractivity contribution in [1.29, 1.82) is 0 Å². The van der Waals surface area contributed by atoms with E-state index in [1.54, 1.807) is 0 Å². The highest BCUT2D eigenvalue weighted by Crippen LogP contribution is 2.58. The minimum atomic E-state index is -0.411. The molecule has 1 amide bonds. The Hall–Kier alpha value is -1.52. The van der Waals surface area contributed by atoms with Gasteiger partial charge in [-0.3, -0.25) is 4.68 Å². The molecule has 0 spiro atoms. The Kier molecular flexibility index (Phi) is 2.62. The number of hydrogen-bond donors (Lipinski definition) is 0. The molecule has 1 unspecified atom stereocenters. The molecular formula is C14H21N3O2. The van der Waals surface area contributed by atoms with Crippen LogP contribution in [0.15, 0.2) is 12.3 Å². The number of nitrogens with zero attached hydrogens (tertiary/aromatic N) is 3. The van der Waals surface area contributed by atoms with Crippen LogP contribution in [-0.4, -0.2) is 39.5 Å². The summed E-state index contributed by atoms with van der Waals surface area (Å²) in [6.07, 6.45) is 1.66. The first-order valence-electron chi connectivity index (χ1n) is 6.82. The molecule has 5 heteroatoms. The number of piperidine rings is 1. The van der Waals surface area contributed by atoms with Crippen LogP contribution in [0.4, 0.5) is 4.79 Å². The molecule has 1 saturated carbocycles. The maximum Gasteiger partial charge on any atom is 0.410 e. The molecule has 3 rings (SSSR count). The van der Waals surface area contributed by atoms with Crippen molar-refractivity contribution >= 4 is 6.09 Å². The highest BCUT2D eigenvalue weighted by Gasteiger charge is 2.58. The van der Waals surface area contributed by atoms with Crippen molar-refractivity contribution in [2.45, 2.75) is 32.3 Å². The zero-order valence-corrected chi connectivity index (χ0v) is 12.0. The van der Waals surface area contributed by atoms with Gasteiger partial charge in [0.15, 0.2) is 0 Å². The van der Waals surface area contributed by atoms with Gasteiger partial charge in [0.25, 0.3) is 0 Å². The summed E-state index contributed by atoms with van der Waals surface area (Å²) in [5, 5.41) is 4.22. The maximum atomic E-state index is 12.0. The third-order valence-electron chi connectivity index (χ3n) is 4.05. The van der Waals surface area contributed by atoms with E-state index in [0.717, 1.165) is 13.1 Å². The highest BCUT2D eigenvalue weighted by molar-refractivity contribution is 5.69. The normalized spacial score (nSPS) is 29.3. The lowest BCUT2D eigenvalue weighted by Gasteiger charge is -2.25. The molecule has 2 heterocycles. The van der Waals surface area contributed by atoms with E-state index in [1.165, 1.54) is 5.69 Å². The summed E-state index contributed by atoms with van der Waals surface area (Å²) in [5.74, 6) is 1.75. The molecule has 1 aromatic rings. The SMILES string of the molecule is Cn1nccc1C1[C@H]2CN(C(=O)OC(C)(C)C)C[C@@H]12. The Morgan fingerprint density at radius 3 is 2.47 bits per heavy atom. The summed E-state index contributed by atoms with van der Waals surface area (Å²) in [6.45, 7) is 7.34. The number of likely N-dealkylation sites (tertiary alicyclic amines) is 1. The summed E-state index contributed by atoms with van der Waals surface area (Å²) >= 11 is 0. The van der Waals surface area contributed by atoms with Gasteiger partial charge >= 0.3 is 6.09 Å². The number of hydrogen-bond acceptors (Lipinski definition) is 3. The molecule has 1 aliphatic carbocycles. The van der Waals surface area contributed by atoms with E-state index in [1.807, 2.05) is 43.6 Å². The predicted octanol–water partition coefficient (Wildman–Crippen LogP) is 2.00. The third-order valence-corrected chi connectivity index (χ3v) is 4.05. The van der Waals surface area contributed by atoms with E-state index in [4.69, 9.17) is 4.74 Å². The Labute approximate surface area is 113 Å². The van der Waals surface area contributed by atoms with Crippen LogP contribution >= 0.6 is 0 Å². The van der Waals surface area contributed by atoms with Gasteiger partial charge in [0, 0.05) is 37.9 Å². The van der Waals surface area contributed by atoms with Gasteiger partial charge in [-0.05, 0) is 38.7 Å². The molecule has 2 fully saturated rings. The van der Waals surface area contributed by atoms with Crippen LogP contribution in [0.5, 0.6) is 0 Å². The number of amides is 1. The zero-order valence-electron chi connectivity index (χ0n) is 12.0. The van der Waals surface area contributed by atoms with Gasteiger partial charge < -0.3 is 9.64 Å². The van der Waals surface area contributed by atoms with Gasteiger partial charge in [-0.15, -0.1) is 0 Å². The first-order valence-corrected chi connectivity index (χ1v) is 6.82. The standard InChI is InChI=1S/C14H21N3O2/c1-14(2,3)19-13(18)17-7-9-10(8-17)12(9)11-5-6-15-16(11)4/h5-6,9-10,12H,7-8H2,1-4H3/t9-,10+,12?. The second kappa shape index (κ2) is 3.99. The molecule has 1 aliphatic heterocycles. The van der Waals surface area contributed by atoms with Crippen LogP contribution in [-0.2, 0) is 11.8 Å². The van der Waals surface area contributed by atoms with Crippen molar-refractivity contribution in [3.8, 4) is 0 Å². The lowest BCUT2D eigenvalue weighted by molar-refractivity contribution is 0.0270. The lowest BCUT2D eigenvalue weighted by atomic mass is 10.2. The molecule has 104 valence electrons. The molecule has 2 aliphatic rings. The molecule has 1 aromatic heterocycles. The number of aromatic nitrogens is 2. The molecule has 0 radical (unpaired) electrons. The van der Waals surface area contributed by atoms with Crippen molar-refractivity contribution in [1.82, 2.24) is 14.7 Å². The summed E-state index contributed by atoms with van der Waals surface area (Å²) in [7, 11) is 1.98. The Morgan fingerprint density at radius 2 is 2.00 bits per heavy atom. The minimum Gasteiger partial charge on any atom is -0.444 e. The number of aryl methyl sites for hydroxylation is 1. The number of carbonyl (C=O) groups is 1. The van der Waals surface area contributed by atoms with Crippen molar-refractivity contribution < 1.29 is 9.53 Å². The lowest BCUT2D eigenvalue weighted by Crippen LogP contribution is -2.37. The first kappa shape index (κ1) is 12.5. The second-order valence-corrected chi connectivity index (χ2v) is 6.62. The van der Waals surface area contributed by atoms with Crippen LogP contribution in [0.1, 0.15) is 32.4 Å². The summed E-state index contributed by atoms with van der Waals surface area (Å²) in [4.78, 5) is 13.8. The number of fused-ring (bicyclic) bond motifs is 1. The van der Waals surface area contributed by atoms with Crippen LogP contribution in [0.25, 0.3) is 0 Å². The Balaban J connectivity index is 1.59. The fourth-order valence-corrected chi connectivity index (χ4v) is 3.15. The zero-order chi connectivity index (χ0) is 13.8. The van der Waals surface area contributed by atoms with Gasteiger partial charge in [0.05, 0.1) is 0 Å². The van der Waals surface area contributed by atoms with Crippen molar-refractivity contribution in [2.24, 2.45) is 18.9 Å². The van der Waals surface area contributed by atoms with Gasteiger partial charge in [-0.2, -0.15) is 5.10 Å². The fraction of sp³-hybridized carbons (Fsp3) is 0.714. The summed E-state index contributed by atoms with van der Waals surface area (Å²) in [6, 6.07) is 2.08. The van der Waals surface area contributed by atoms with Crippen LogP contribution in [0, 0.1) is 11.8 Å². The molecular weight excluding hydrogens is 242 g/mol. The summed E-state index contributed by atoms with van der Waals surface area (Å²) in [5.41, 5.74) is 0.879. The Bertz CT molecular complexity index is 491. The molecule has 0 N–H and O–H groups in total. The van der Waals surface area contributed by atoms with Gasteiger partial charge in [-0.1, -0.05) is 0 Å². The topological polar surface area (TPSA) is 47.4 Å². The largest absolute Gasteiger partial charge is 0.444 e. The van der Waals surface area contributed by atoms with Crippen molar-refractivity contribution in [3.63, 3.8) is 0 Å².